The van der Waals surface area contributed by atoms with E-state index in [2.05, 4.69) is 98.0 Å². The van der Waals surface area contributed by atoms with Crippen molar-refractivity contribution < 1.29 is 28.4 Å². The molecule has 0 fully saturated rings. The maximum atomic E-state index is 7.00. The maximum absolute atomic E-state index is 7.00. The van der Waals surface area contributed by atoms with E-state index in [0.29, 0.717) is 0 Å². The molecule has 0 unspecified atom stereocenters. The summed E-state index contributed by atoms with van der Waals surface area (Å²) in [6.45, 7) is 4.62. The second-order valence-electron chi connectivity index (χ2n) is 5.31. The summed E-state index contributed by atoms with van der Waals surface area (Å²) < 4.78 is 0. The predicted octanol–water partition coefficient (Wildman–Crippen LogP) is 5.93. The van der Waals surface area contributed by atoms with E-state index >= 15 is 0 Å². The third kappa shape index (κ3) is 9.32. The average molecular weight is 448 g/mol. The zero-order valence-electron chi connectivity index (χ0n) is 14.9. The molecule has 0 spiro atoms. The molecule has 0 amide bonds. The SMILES string of the molecule is CO.C[Si](C)=[Zr+2].Cl.c1ccc2[cH-]ccc2c1.c1ccc2[cH-]ccc2c1. The summed E-state index contributed by atoms with van der Waals surface area (Å²) in [5.41, 5.74) is 0.210. The van der Waals surface area contributed by atoms with Crippen molar-refractivity contribution in [1.29, 1.82) is 0 Å². The summed E-state index contributed by atoms with van der Waals surface area (Å²) in [6.07, 6.45) is 0. The molecule has 0 radical (unpaired) electrons. The van der Waals surface area contributed by atoms with Crippen molar-refractivity contribution in [3.63, 3.8) is 0 Å². The first kappa shape index (κ1) is 24.0. The van der Waals surface area contributed by atoms with Crippen LogP contribution in [0.1, 0.15) is 0 Å². The van der Waals surface area contributed by atoms with Crippen molar-refractivity contribution in [2.24, 2.45) is 0 Å². The zero-order chi connectivity index (χ0) is 17.8. The van der Waals surface area contributed by atoms with Gasteiger partial charge in [-0.1, -0.05) is 12.1 Å². The van der Waals surface area contributed by atoms with Crippen molar-refractivity contribution in [2.45, 2.75) is 13.1 Å². The van der Waals surface area contributed by atoms with Gasteiger partial charge in [0.15, 0.2) is 0 Å². The first-order valence-electron chi connectivity index (χ1n) is 7.84. The van der Waals surface area contributed by atoms with Crippen LogP contribution in [-0.4, -0.2) is 17.6 Å². The number of hydrogen-bond donors (Lipinski definition) is 1. The van der Waals surface area contributed by atoms with E-state index in [1.54, 1.807) is 23.3 Å². The van der Waals surface area contributed by atoms with Gasteiger partial charge in [0, 0.05) is 7.11 Å². The second-order valence-corrected chi connectivity index (χ2v) is 14.7. The standard InChI is InChI=1S/2C9H7.C2H6Si.CH4O.ClH.Zr/c2*1-2-5-9-7-3-6-8(9)4-1;1-3-2;1-2;;/h2*1-7H;1-2H3;2H,1H3;1H;/q2*-1;;;;+2. The Bertz CT molecular complexity index is 720. The molecule has 0 aliphatic carbocycles. The van der Waals surface area contributed by atoms with Gasteiger partial charge < -0.3 is 5.11 Å². The summed E-state index contributed by atoms with van der Waals surface area (Å²) >= 11 is 1.74. The predicted molar refractivity (Wildman–Crippen MR) is 112 cm³/mol. The van der Waals surface area contributed by atoms with E-state index in [1.165, 1.54) is 21.5 Å². The van der Waals surface area contributed by atoms with Crippen LogP contribution in [0, 0.1) is 0 Å². The van der Waals surface area contributed by atoms with Crippen molar-refractivity contribution in [1.82, 2.24) is 0 Å². The quantitative estimate of drug-likeness (QED) is 0.261. The van der Waals surface area contributed by atoms with Crippen LogP contribution in [0.3, 0.4) is 0 Å². The van der Waals surface area contributed by atoms with Gasteiger partial charge >= 0.3 is 41.9 Å². The van der Waals surface area contributed by atoms with E-state index in [4.69, 9.17) is 5.11 Å². The van der Waals surface area contributed by atoms with Gasteiger partial charge in [-0.05, 0) is 0 Å². The summed E-state index contributed by atoms with van der Waals surface area (Å²) in [4.78, 5) is 0. The molecule has 0 aliphatic rings. The normalized spacial score (nSPS) is 8.72. The minimum atomic E-state index is 0. The van der Waals surface area contributed by atoms with Crippen LogP contribution >= 0.6 is 12.4 Å². The van der Waals surface area contributed by atoms with Gasteiger partial charge in [-0.2, -0.15) is 35.0 Å². The van der Waals surface area contributed by atoms with E-state index < -0.39 is 0 Å². The minimum absolute atomic E-state index is 0. The Morgan fingerprint density at radius 3 is 1.36 bits per heavy atom. The molecule has 1 nitrogen and oxygen atoms in total. The van der Waals surface area contributed by atoms with Crippen LogP contribution in [0.5, 0.6) is 0 Å². The van der Waals surface area contributed by atoms with Crippen LogP contribution in [0.15, 0.2) is 84.9 Å². The Hall–Kier alpha value is -0.990. The number of aliphatic hydroxyl groups excluding tert-OH is 1. The smallest absolute Gasteiger partial charge is 0.0809 e. The van der Waals surface area contributed by atoms with Crippen LogP contribution in [-0.2, 0) is 23.3 Å². The molecule has 4 aromatic carbocycles. The fourth-order valence-electron chi connectivity index (χ4n) is 2.14. The first-order valence-corrected chi connectivity index (χ1v) is 14.0. The maximum Gasteiger partial charge on any atom is -0.0809 e. The Morgan fingerprint density at radius 2 is 1.04 bits per heavy atom. The van der Waals surface area contributed by atoms with Crippen molar-refractivity contribution in [2.75, 3.05) is 7.11 Å². The summed E-state index contributed by atoms with van der Waals surface area (Å²) in [5.74, 6) is 0. The van der Waals surface area contributed by atoms with Gasteiger partial charge in [-0.25, -0.2) is 0 Å². The molecule has 0 saturated heterocycles. The van der Waals surface area contributed by atoms with E-state index in [0.717, 1.165) is 7.11 Å². The van der Waals surface area contributed by atoms with Gasteiger partial charge in [0.05, 0.1) is 0 Å². The number of rotatable bonds is 0. The number of hydrogen-bond acceptors (Lipinski definition) is 1. The Kier molecular flexibility index (Phi) is 13.6. The number of halogens is 1. The molecule has 0 atom stereocenters. The van der Waals surface area contributed by atoms with E-state index in [9.17, 15) is 0 Å². The fourth-order valence-corrected chi connectivity index (χ4v) is 2.14. The number of benzene rings is 2. The van der Waals surface area contributed by atoms with Gasteiger partial charge in [-0.3, -0.25) is 0 Å². The molecule has 4 rings (SSSR count). The van der Waals surface area contributed by atoms with Gasteiger partial charge in [0.25, 0.3) is 0 Å². The zero-order valence-corrected chi connectivity index (χ0v) is 19.2. The van der Waals surface area contributed by atoms with Crippen molar-refractivity contribution in [3.05, 3.63) is 84.9 Å². The average Bonchev–Trinajstić information content (AvgIpc) is 3.26. The van der Waals surface area contributed by atoms with Crippen molar-refractivity contribution >= 4 is 39.4 Å². The third-order valence-corrected chi connectivity index (χ3v) is 3.10. The van der Waals surface area contributed by atoms with Crippen LogP contribution in [0.4, 0.5) is 0 Å². The van der Waals surface area contributed by atoms with Crippen LogP contribution in [0.2, 0.25) is 13.1 Å². The largest absolute Gasteiger partial charge is 0.168 e. The molecule has 1 N–H and O–H groups in total. The Labute approximate surface area is 172 Å². The van der Waals surface area contributed by atoms with Gasteiger partial charge in [0.2, 0.25) is 0 Å². The van der Waals surface area contributed by atoms with E-state index in [-0.39, 0.29) is 17.8 Å². The van der Waals surface area contributed by atoms with Crippen molar-refractivity contribution in [3.8, 4) is 0 Å². The molecule has 0 saturated carbocycles. The molecule has 0 aliphatic heterocycles. The molecular formula is C21H25ClOSiZr. The second kappa shape index (κ2) is 14.2. The molecular weight excluding hydrogens is 423 g/mol. The Balaban J connectivity index is 0.000000345. The number of aliphatic hydroxyl groups is 1. The minimum Gasteiger partial charge on any atom is -0.168 e. The monoisotopic (exact) mass is 446 g/mol. The first-order chi connectivity index (χ1) is 11.7. The molecule has 4 heteroatoms. The van der Waals surface area contributed by atoms with E-state index in [1.807, 2.05) is 0 Å². The summed E-state index contributed by atoms with van der Waals surface area (Å²) in [6, 6.07) is 29.3. The topological polar surface area (TPSA) is 20.2 Å². The van der Waals surface area contributed by atoms with Gasteiger partial charge in [0.1, 0.15) is 0 Å². The Morgan fingerprint density at radius 1 is 0.720 bits per heavy atom. The molecule has 0 heterocycles. The molecule has 0 bridgehead atoms. The fraction of sp³-hybridized carbons (Fsp3) is 0.143. The molecule has 130 valence electrons. The van der Waals surface area contributed by atoms with Crippen LogP contribution < -0.4 is 0 Å². The molecule has 25 heavy (non-hydrogen) atoms. The summed E-state index contributed by atoms with van der Waals surface area (Å²) in [5, 5.41) is 12.3. The molecule has 0 aromatic heterocycles. The number of fused-ring (bicyclic) bond motifs is 2. The summed E-state index contributed by atoms with van der Waals surface area (Å²) in [7, 11) is 1.00. The third-order valence-electron chi connectivity index (χ3n) is 3.10. The molecule has 4 aromatic rings. The van der Waals surface area contributed by atoms with Crippen LogP contribution in [0.25, 0.3) is 21.5 Å². The van der Waals surface area contributed by atoms with Gasteiger partial charge in [-0.15, -0.1) is 71.7 Å².